The molecule has 3 aromatic rings. The molecule has 9 heteroatoms. The summed E-state index contributed by atoms with van der Waals surface area (Å²) in [5.74, 6) is 0.570. The van der Waals surface area contributed by atoms with E-state index in [4.69, 9.17) is 16.1 Å². The van der Waals surface area contributed by atoms with Crippen molar-refractivity contribution in [3.05, 3.63) is 65.0 Å². The number of hydrogen-bond acceptors (Lipinski definition) is 6. The maximum Gasteiger partial charge on any atom is 0.253 e. The molecule has 2 heterocycles. The van der Waals surface area contributed by atoms with E-state index in [0.29, 0.717) is 47.4 Å². The number of para-hydroxylation sites is 1. The van der Waals surface area contributed by atoms with E-state index in [1.54, 1.807) is 24.3 Å². The average molecular weight is 496 g/mol. The SMILES string of the molecule is CC(C)(C)NC(=O)c1ccccc1NC(=O)C1CCN(Cc2nc(-c3ccccc3Cl)no2)CC1. The van der Waals surface area contributed by atoms with Crippen LogP contribution in [0.15, 0.2) is 53.1 Å². The summed E-state index contributed by atoms with van der Waals surface area (Å²) in [5, 5.41) is 10.5. The van der Waals surface area contributed by atoms with Gasteiger partial charge in [-0.3, -0.25) is 14.5 Å². The smallest absolute Gasteiger partial charge is 0.253 e. The first-order valence-electron chi connectivity index (χ1n) is 11.7. The minimum atomic E-state index is -0.368. The Hall–Kier alpha value is -3.23. The van der Waals surface area contributed by atoms with E-state index in [1.807, 2.05) is 45.0 Å². The van der Waals surface area contributed by atoms with Gasteiger partial charge < -0.3 is 15.2 Å². The number of carbonyl (C=O) groups is 2. The Morgan fingerprint density at radius 1 is 1.09 bits per heavy atom. The van der Waals surface area contributed by atoms with Crippen molar-refractivity contribution in [3.8, 4) is 11.4 Å². The Morgan fingerprint density at radius 2 is 1.77 bits per heavy atom. The van der Waals surface area contributed by atoms with Crippen LogP contribution in [0.4, 0.5) is 5.69 Å². The van der Waals surface area contributed by atoms with E-state index >= 15 is 0 Å². The molecule has 2 aromatic carbocycles. The molecule has 1 aliphatic heterocycles. The lowest BCUT2D eigenvalue weighted by atomic mass is 9.95. The van der Waals surface area contributed by atoms with Crippen LogP contribution in [0.2, 0.25) is 5.02 Å². The van der Waals surface area contributed by atoms with Crippen LogP contribution >= 0.6 is 11.6 Å². The molecular weight excluding hydrogens is 466 g/mol. The van der Waals surface area contributed by atoms with Crippen LogP contribution in [0.3, 0.4) is 0 Å². The van der Waals surface area contributed by atoms with E-state index < -0.39 is 0 Å². The topological polar surface area (TPSA) is 100 Å². The number of likely N-dealkylation sites (tertiary alicyclic amines) is 1. The maximum atomic E-state index is 13.0. The standard InChI is InChI=1S/C26H30ClN5O3/c1-26(2,3)30-25(34)19-9-5-7-11-21(19)28-24(33)17-12-14-32(15-13-17)16-22-29-23(31-35-22)18-8-4-6-10-20(18)27/h4-11,17H,12-16H2,1-3H3,(H,28,33)(H,30,34). The minimum Gasteiger partial charge on any atom is -0.347 e. The number of nitrogens with zero attached hydrogens (tertiary/aromatic N) is 3. The Labute approximate surface area is 210 Å². The molecule has 2 amide bonds. The number of nitrogens with one attached hydrogen (secondary N) is 2. The fraction of sp³-hybridized carbons (Fsp3) is 0.385. The maximum absolute atomic E-state index is 13.0. The first-order chi connectivity index (χ1) is 16.7. The number of rotatable bonds is 6. The van der Waals surface area contributed by atoms with Gasteiger partial charge in [-0.05, 0) is 71.0 Å². The first kappa shape index (κ1) is 24.9. The van der Waals surface area contributed by atoms with Crippen molar-refractivity contribution in [1.82, 2.24) is 20.4 Å². The van der Waals surface area contributed by atoms with Crippen LogP contribution in [-0.2, 0) is 11.3 Å². The zero-order valence-electron chi connectivity index (χ0n) is 20.2. The fourth-order valence-corrected chi connectivity index (χ4v) is 4.27. The Kier molecular flexibility index (Phi) is 7.52. The third-order valence-electron chi connectivity index (χ3n) is 5.82. The summed E-state index contributed by atoms with van der Waals surface area (Å²) in [4.78, 5) is 32.3. The number of aromatic nitrogens is 2. The number of hydrogen-bond donors (Lipinski definition) is 2. The van der Waals surface area contributed by atoms with Gasteiger partial charge in [0.05, 0.1) is 22.8 Å². The van der Waals surface area contributed by atoms with Crippen LogP contribution in [0.25, 0.3) is 11.4 Å². The van der Waals surface area contributed by atoms with Crippen LogP contribution in [-0.4, -0.2) is 45.5 Å². The van der Waals surface area contributed by atoms with E-state index in [-0.39, 0.29) is 23.3 Å². The highest BCUT2D eigenvalue weighted by Gasteiger charge is 2.27. The van der Waals surface area contributed by atoms with Gasteiger partial charge in [0.25, 0.3) is 5.91 Å². The normalized spacial score (nSPS) is 15.1. The summed E-state index contributed by atoms with van der Waals surface area (Å²) in [6, 6.07) is 14.5. The first-order valence-corrected chi connectivity index (χ1v) is 12.1. The van der Waals surface area contributed by atoms with Crippen molar-refractivity contribution in [2.24, 2.45) is 5.92 Å². The van der Waals surface area contributed by atoms with E-state index in [1.165, 1.54) is 0 Å². The van der Waals surface area contributed by atoms with Gasteiger partial charge in [0.15, 0.2) is 0 Å². The van der Waals surface area contributed by atoms with E-state index in [0.717, 1.165) is 18.7 Å². The molecular formula is C26H30ClN5O3. The van der Waals surface area contributed by atoms with Crippen molar-refractivity contribution in [3.63, 3.8) is 0 Å². The largest absolute Gasteiger partial charge is 0.347 e. The third-order valence-corrected chi connectivity index (χ3v) is 6.15. The summed E-state index contributed by atoms with van der Waals surface area (Å²) < 4.78 is 5.42. The fourth-order valence-electron chi connectivity index (χ4n) is 4.05. The van der Waals surface area contributed by atoms with Gasteiger partial charge in [-0.2, -0.15) is 4.98 Å². The molecule has 0 atom stereocenters. The van der Waals surface area contributed by atoms with Crippen LogP contribution in [0.5, 0.6) is 0 Å². The van der Waals surface area contributed by atoms with Gasteiger partial charge in [-0.15, -0.1) is 0 Å². The molecule has 0 spiro atoms. The second-order valence-corrected chi connectivity index (χ2v) is 10.2. The van der Waals surface area contributed by atoms with Crippen molar-refractivity contribution >= 4 is 29.1 Å². The number of anilines is 1. The monoisotopic (exact) mass is 495 g/mol. The highest BCUT2D eigenvalue weighted by Crippen LogP contribution is 2.26. The molecule has 35 heavy (non-hydrogen) atoms. The third kappa shape index (κ3) is 6.46. The number of benzene rings is 2. The summed E-state index contributed by atoms with van der Waals surface area (Å²) in [6.07, 6.45) is 1.40. The highest BCUT2D eigenvalue weighted by atomic mass is 35.5. The Bertz CT molecular complexity index is 1200. The van der Waals surface area contributed by atoms with Gasteiger partial charge in [0, 0.05) is 17.0 Å². The van der Waals surface area contributed by atoms with Crippen molar-refractivity contribution in [1.29, 1.82) is 0 Å². The molecule has 0 aliphatic carbocycles. The molecule has 0 unspecified atom stereocenters. The molecule has 1 aliphatic rings. The Morgan fingerprint density at radius 3 is 2.49 bits per heavy atom. The highest BCUT2D eigenvalue weighted by molar-refractivity contribution is 6.33. The summed E-state index contributed by atoms with van der Waals surface area (Å²) in [6.45, 7) is 7.74. The number of carbonyl (C=O) groups excluding carboxylic acids is 2. The van der Waals surface area contributed by atoms with Gasteiger partial charge in [-0.1, -0.05) is 41.0 Å². The number of piperidine rings is 1. The van der Waals surface area contributed by atoms with Crippen LogP contribution in [0, 0.1) is 5.92 Å². The molecule has 1 saturated heterocycles. The van der Waals surface area contributed by atoms with Crippen LogP contribution in [0.1, 0.15) is 49.9 Å². The average Bonchev–Trinajstić information content (AvgIpc) is 3.27. The molecule has 1 fully saturated rings. The molecule has 1 aromatic heterocycles. The lowest BCUT2D eigenvalue weighted by Crippen LogP contribution is -2.41. The molecule has 184 valence electrons. The predicted molar refractivity (Wildman–Crippen MR) is 135 cm³/mol. The number of halogens is 1. The summed E-state index contributed by atoms with van der Waals surface area (Å²) >= 11 is 6.23. The quantitative estimate of drug-likeness (QED) is 0.511. The number of amides is 2. The molecule has 2 N–H and O–H groups in total. The van der Waals surface area contributed by atoms with Gasteiger partial charge in [-0.25, -0.2) is 0 Å². The van der Waals surface area contributed by atoms with Gasteiger partial charge in [0.2, 0.25) is 17.6 Å². The van der Waals surface area contributed by atoms with E-state index in [2.05, 4.69) is 25.7 Å². The van der Waals surface area contributed by atoms with Crippen molar-refractivity contribution in [2.75, 3.05) is 18.4 Å². The Balaban J connectivity index is 1.32. The van der Waals surface area contributed by atoms with E-state index in [9.17, 15) is 9.59 Å². The molecule has 4 rings (SSSR count). The zero-order chi connectivity index (χ0) is 25.0. The van der Waals surface area contributed by atoms with Gasteiger partial charge in [0.1, 0.15) is 0 Å². The van der Waals surface area contributed by atoms with Crippen molar-refractivity contribution < 1.29 is 14.1 Å². The minimum absolute atomic E-state index is 0.0699. The predicted octanol–water partition coefficient (Wildman–Crippen LogP) is 4.77. The van der Waals surface area contributed by atoms with Crippen molar-refractivity contribution in [2.45, 2.75) is 45.7 Å². The molecule has 0 saturated carbocycles. The molecule has 8 nitrogen and oxygen atoms in total. The lowest BCUT2D eigenvalue weighted by molar-refractivity contribution is -0.121. The second-order valence-electron chi connectivity index (χ2n) is 9.78. The zero-order valence-corrected chi connectivity index (χ0v) is 20.9. The second kappa shape index (κ2) is 10.6. The summed E-state index contributed by atoms with van der Waals surface area (Å²) in [7, 11) is 0. The lowest BCUT2D eigenvalue weighted by Gasteiger charge is -2.30. The molecule has 0 bridgehead atoms. The summed E-state index contributed by atoms with van der Waals surface area (Å²) in [5.41, 5.74) is 1.35. The molecule has 0 radical (unpaired) electrons. The van der Waals surface area contributed by atoms with Crippen LogP contribution < -0.4 is 10.6 Å². The van der Waals surface area contributed by atoms with Gasteiger partial charge >= 0.3 is 0 Å².